The summed E-state index contributed by atoms with van der Waals surface area (Å²) in [4.78, 5) is 11.0. The van der Waals surface area contributed by atoms with E-state index in [0.717, 1.165) is 23.0 Å². The molecule has 110 valence electrons. The first kappa shape index (κ1) is 15.4. The summed E-state index contributed by atoms with van der Waals surface area (Å²) in [6.07, 6.45) is 0.933. The number of hydrogen-bond acceptors (Lipinski definition) is 3. The maximum atomic E-state index is 11.0. The zero-order valence-corrected chi connectivity index (χ0v) is 12.6. The summed E-state index contributed by atoms with van der Waals surface area (Å²) in [6, 6.07) is 17.5. The van der Waals surface area contributed by atoms with Crippen molar-refractivity contribution in [3.63, 3.8) is 0 Å². The lowest BCUT2D eigenvalue weighted by molar-refractivity contribution is -0.183. The Labute approximate surface area is 125 Å². The number of methoxy groups -OCH3 is 2. The van der Waals surface area contributed by atoms with E-state index < -0.39 is 5.79 Å². The second-order valence-corrected chi connectivity index (χ2v) is 4.94. The van der Waals surface area contributed by atoms with Gasteiger partial charge in [-0.2, -0.15) is 0 Å². The van der Waals surface area contributed by atoms with E-state index in [4.69, 9.17) is 9.47 Å². The SMILES string of the molecule is COC(OC)(c1ccccc1)c1cccc(C(C)C=O)c1. The smallest absolute Gasteiger partial charge is 0.221 e. The summed E-state index contributed by atoms with van der Waals surface area (Å²) < 4.78 is 11.4. The van der Waals surface area contributed by atoms with Gasteiger partial charge in [0.2, 0.25) is 5.79 Å². The van der Waals surface area contributed by atoms with Crippen LogP contribution in [0.25, 0.3) is 0 Å². The van der Waals surface area contributed by atoms with Crippen molar-refractivity contribution in [3.8, 4) is 0 Å². The van der Waals surface area contributed by atoms with E-state index >= 15 is 0 Å². The molecule has 0 N–H and O–H groups in total. The lowest BCUT2D eigenvalue weighted by Gasteiger charge is -2.32. The molecule has 2 rings (SSSR count). The maximum absolute atomic E-state index is 11.0. The third-order valence-corrected chi connectivity index (χ3v) is 3.73. The number of aldehydes is 1. The zero-order chi connectivity index (χ0) is 15.3. The average molecular weight is 284 g/mol. The Morgan fingerprint density at radius 1 is 0.952 bits per heavy atom. The first-order valence-electron chi connectivity index (χ1n) is 6.89. The molecule has 0 spiro atoms. The molecule has 0 radical (unpaired) electrons. The number of carbonyl (C=O) groups excluding carboxylic acids is 1. The molecule has 0 bridgehead atoms. The molecule has 2 aromatic rings. The average Bonchev–Trinajstić information content (AvgIpc) is 2.57. The second kappa shape index (κ2) is 6.66. The lowest BCUT2D eigenvalue weighted by atomic mass is 9.92. The van der Waals surface area contributed by atoms with Crippen molar-refractivity contribution in [1.29, 1.82) is 0 Å². The Morgan fingerprint density at radius 3 is 2.14 bits per heavy atom. The summed E-state index contributed by atoms with van der Waals surface area (Å²) in [5, 5.41) is 0. The van der Waals surface area contributed by atoms with Gasteiger partial charge in [-0.15, -0.1) is 0 Å². The molecule has 0 saturated carbocycles. The van der Waals surface area contributed by atoms with Crippen LogP contribution in [0.3, 0.4) is 0 Å². The van der Waals surface area contributed by atoms with Gasteiger partial charge >= 0.3 is 0 Å². The highest BCUT2D eigenvalue weighted by Crippen LogP contribution is 2.34. The first-order chi connectivity index (χ1) is 10.2. The Hall–Kier alpha value is -1.97. The third-order valence-electron chi connectivity index (χ3n) is 3.73. The summed E-state index contributed by atoms with van der Waals surface area (Å²) >= 11 is 0. The molecule has 2 aromatic carbocycles. The van der Waals surface area contributed by atoms with Gasteiger partial charge in [0, 0.05) is 31.3 Å². The summed E-state index contributed by atoms with van der Waals surface area (Å²) in [7, 11) is 3.23. The van der Waals surface area contributed by atoms with Crippen LogP contribution >= 0.6 is 0 Å². The van der Waals surface area contributed by atoms with Crippen LogP contribution in [0.5, 0.6) is 0 Å². The maximum Gasteiger partial charge on any atom is 0.221 e. The molecule has 0 saturated heterocycles. The number of ether oxygens (including phenoxy) is 2. The van der Waals surface area contributed by atoms with Gasteiger partial charge in [-0.25, -0.2) is 0 Å². The predicted octanol–water partition coefficient (Wildman–Crippen LogP) is 3.48. The molecule has 1 atom stereocenters. The van der Waals surface area contributed by atoms with Crippen molar-refractivity contribution in [3.05, 3.63) is 71.3 Å². The molecule has 3 nitrogen and oxygen atoms in total. The topological polar surface area (TPSA) is 35.5 Å². The second-order valence-electron chi connectivity index (χ2n) is 4.94. The number of hydrogen-bond donors (Lipinski definition) is 0. The summed E-state index contributed by atoms with van der Waals surface area (Å²) in [6.45, 7) is 1.87. The van der Waals surface area contributed by atoms with Gasteiger partial charge in [-0.1, -0.05) is 55.5 Å². The minimum atomic E-state index is -0.972. The number of benzene rings is 2. The van der Waals surface area contributed by atoms with Crippen LogP contribution < -0.4 is 0 Å². The molecule has 0 aliphatic carbocycles. The van der Waals surface area contributed by atoms with Gasteiger partial charge in [0.05, 0.1) is 0 Å². The fraction of sp³-hybridized carbons (Fsp3) is 0.278. The molecule has 21 heavy (non-hydrogen) atoms. The van der Waals surface area contributed by atoms with Gasteiger partial charge in [0.1, 0.15) is 6.29 Å². The van der Waals surface area contributed by atoms with Crippen molar-refractivity contribution >= 4 is 6.29 Å². The van der Waals surface area contributed by atoms with E-state index in [0.29, 0.717) is 0 Å². The summed E-state index contributed by atoms with van der Waals surface area (Å²) in [5.41, 5.74) is 2.72. The van der Waals surface area contributed by atoms with Crippen LogP contribution in [0.1, 0.15) is 29.5 Å². The first-order valence-corrected chi connectivity index (χ1v) is 6.89. The van der Waals surface area contributed by atoms with Crippen LogP contribution in [0.2, 0.25) is 0 Å². The predicted molar refractivity (Wildman–Crippen MR) is 82.2 cm³/mol. The van der Waals surface area contributed by atoms with Crippen LogP contribution in [0.15, 0.2) is 54.6 Å². The van der Waals surface area contributed by atoms with Crippen molar-refractivity contribution in [2.75, 3.05) is 14.2 Å². The number of carbonyl (C=O) groups is 1. The molecule has 0 fully saturated rings. The highest BCUT2D eigenvalue weighted by Gasteiger charge is 2.34. The van der Waals surface area contributed by atoms with Gasteiger partial charge in [0.25, 0.3) is 0 Å². The monoisotopic (exact) mass is 284 g/mol. The van der Waals surface area contributed by atoms with Crippen LogP contribution in [-0.2, 0) is 20.1 Å². The van der Waals surface area contributed by atoms with Crippen molar-refractivity contribution in [2.45, 2.75) is 18.6 Å². The normalized spacial score (nSPS) is 12.9. The fourth-order valence-corrected chi connectivity index (χ4v) is 2.48. The molecule has 0 aromatic heterocycles. The minimum absolute atomic E-state index is 0.160. The molecule has 3 heteroatoms. The molecule has 0 amide bonds. The minimum Gasteiger partial charge on any atom is -0.346 e. The Morgan fingerprint density at radius 2 is 1.57 bits per heavy atom. The van der Waals surface area contributed by atoms with E-state index in [1.54, 1.807) is 14.2 Å². The Balaban J connectivity index is 2.55. The third kappa shape index (κ3) is 2.89. The quantitative estimate of drug-likeness (QED) is 0.602. The largest absolute Gasteiger partial charge is 0.346 e. The Kier molecular flexibility index (Phi) is 4.89. The molecular formula is C18H20O3. The number of rotatable bonds is 6. The van der Waals surface area contributed by atoms with E-state index in [1.165, 1.54) is 0 Å². The van der Waals surface area contributed by atoms with Gasteiger partial charge in [-0.05, 0) is 11.6 Å². The molecule has 0 aliphatic rings. The van der Waals surface area contributed by atoms with E-state index in [1.807, 2.05) is 61.5 Å². The standard InChI is InChI=1S/C18H20O3/c1-14(13-19)15-8-7-11-17(12-15)18(20-2,21-3)16-9-5-4-6-10-16/h4-14H,1-3H3. The van der Waals surface area contributed by atoms with E-state index in [2.05, 4.69) is 0 Å². The summed E-state index contributed by atoms with van der Waals surface area (Å²) in [5.74, 6) is -1.13. The van der Waals surface area contributed by atoms with Crippen LogP contribution in [-0.4, -0.2) is 20.5 Å². The molecule has 0 aliphatic heterocycles. The molecule has 0 heterocycles. The van der Waals surface area contributed by atoms with Crippen LogP contribution in [0.4, 0.5) is 0 Å². The zero-order valence-electron chi connectivity index (χ0n) is 12.6. The van der Waals surface area contributed by atoms with Gasteiger partial charge in [0.15, 0.2) is 0 Å². The highest BCUT2D eigenvalue weighted by molar-refractivity contribution is 5.61. The van der Waals surface area contributed by atoms with Crippen molar-refractivity contribution < 1.29 is 14.3 Å². The van der Waals surface area contributed by atoms with Gasteiger partial charge < -0.3 is 14.3 Å². The highest BCUT2D eigenvalue weighted by atomic mass is 16.7. The van der Waals surface area contributed by atoms with E-state index in [9.17, 15) is 4.79 Å². The van der Waals surface area contributed by atoms with Crippen molar-refractivity contribution in [1.82, 2.24) is 0 Å². The Bertz CT molecular complexity index is 588. The fourth-order valence-electron chi connectivity index (χ4n) is 2.48. The van der Waals surface area contributed by atoms with Crippen LogP contribution in [0, 0.1) is 0 Å². The van der Waals surface area contributed by atoms with Crippen molar-refractivity contribution in [2.24, 2.45) is 0 Å². The molecular weight excluding hydrogens is 264 g/mol. The van der Waals surface area contributed by atoms with E-state index in [-0.39, 0.29) is 5.92 Å². The lowest BCUT2D eigenvalue weighted by Crippen LogP contribution is -2.32. The molecule has 1 unspecified atom stereocenters. The van der Waals surface area contributed by atoms with Gasteiger partial charge in [-0.3, -0.25) is 0 Å².